The van der Waals surface area contributed by atoms with Crippen LogP contribution in [0.25, 0.3) is 0 Å². The van der Waals surface area contributed by atoms with Gasteiger partial charge in [-0.15, -0.1) is 0 Å². The molecular formula is C16H17ClNO2+. The summed E-state index contributed by atoms with van der Waals surface area (Å²) < 4.78 is 13.1. The van der Waals surface area contributed by atoms with Gasteiger partial charge in [-0.2, -0.15) is 0 Å². The summed E-state index contributed by atoms with van der Waals surface area (Å²) in [5, 5.41) is 0.721. The first-order valence-corrected chi connectivity index (χ1v) is 7.14. The summed E-state index contributed by atoms with van der Waals surface area (Å²) in [6.45, 7) is 3.76. The molecule has 0 atom stereocenters. The van der Waals surface area contributed by atoms with Gasteiger partial charge < -0.3 is 9.47 Å². The highest BCUT2D eigenvalue weighted by atomic mass is 35.5. The number of hydrogen-bond acceptors (Lipinski definition) is 2. The Labute approximate surface area is 123 Å². The van der Waals surface area contributed by atoms with Crippen molar-refractivity contribution in [2.24, 2.45) is 0 Å². The van der Waals surface area contributed by atoms with Gasteiger partial charge in [0.15, 0.2) is 25.7 Å². The number of aromatic nitrogens is 1. The van der Waals surface area contributed by atoms with E-state index in [1.54, 1.807) is 0 Å². The molecule has 20 heavy (non-hydrogen) atoms. The first-order chi connectivity index (χ1) is 9.76. The lowest BCUT2D eigenvalue weighted by Gasteiger charge is -2.20. The van der Waals surface area contributed by atoms with Crippen molar-refractivity contribution in [3.05, 3.63) is 58.4 Å². The number of pyridine rings is 1. The minimum absolute atomic E-state index is 0.307. The van der Waals surface area contributed by atoms with Crippen molar-refractivity contribution in [2.75, 3.05) is 6.79 Å². The van der Waals surface area contributed by atoms with Crippen LogP contribution < -0.4 is 9.30 Å². The Kier molecular flexibility index (Phi) is 3.90. The van der Waals surface area contributed by atoms with E-state index in [9.17, 15) is 0 Å². The number of fused-ring (bicyclic) bond motifs is 1. The molecule has 104 valence electrons. The van der Waals surface area contributed by atoms with Crippen molar-refractivity contribution < 1.29 is 14.0 Å². The van der Waals surface area contributed by atoms with E-state index in [0.717, 1.165) is 34.9 Å². The number of ether oxygens (including phenoxy) is 2. The molecular weight excluding hydrogens is 274 g/mol. The molecule has 0 unspecified atom stereocenters. The summed E-state index contributed by atoms with van der Waals surface area (Å²) in [5.74, 6) is 0.910. The lowest BCUT2D eigenvalue weighted by atomic mass is 10.1. The Hall–Kier alpha value is -1.58. The van der Waals surface area contributed by atoms with Gasteiger partial charge in [0, 0.05) is 22.7 Å². The van der Waals surface area contributed by atoms with Gasteiger partial charge in [0.2, 0.25) is 0 Å². The molecule has 0 bridgehead atoms. The van der Waals surface area contributed by atoms with Gasteiger partial charge in [0.1, 0.15) is 5.75 Å². The molecule has 0 N–H and O–H groups in total. The van der Waals surface area contributed by atoms with Gasteiger partial charge >= 0.3 is 0 Å². The van der Waals surface area contributed by atoms with Crippen LogP contribution >= 0.6 is 11.6 Å². The molecule has 0 fully saturated rings. The fourth-order valence-electron chi connectivity index (χ4n) is 2.40. The van der Waals surface area contributed by atoms with Crippen molar-refractivity contribution in [1.82, 2.24) is 0 Å². The van der Waals surface area contributed by atoms with E-state index >= 15 is 0 Å². The average Bonchev–Trinajstić information content (AvgIpc) is 2.48. The second kappa shape index (κ2) is 5.81. The number of halogens is 1. The van der Waals surface area contributed by atoms with E-state index < -0.39 is 0 Å². The van der Waals surface area contributed by atoms with Gasteiger partial charge in [0.25, 0.3) is 0 Å². The number of hydrogen-bond donors (Lipinski definition) is 0. The van der Waals surface area contributed by atoms with Crippen LogP contribution in [0.1, 0.15) is 23.6 Å². The molecule has 1 aromatic carbocycles. The summed E-state index contributed by atoms with van der Waals surface area (Å²) in [7, 11) is 0. The van der Waals surface area contributed by atoms with Crippen LogP contribution in [0.3, 0.4) is 0 Å². The Morgan fingerprint density at radius 3 is 2.80 bits per heavy atom. The zero-order valence-electron chi connectivity index (χ0n) is 11.4. The second-order valence-electron chi connectivity index (χ2n) is 4.90. The highest BCUT2D eigenvalue weighted by Crippen LogP contribution is 2.31. The Balaban J connectivity index is 1.91. The van der Waals surface area contributed by atoms with Crippen LogP contribution in [0.15, 0.2) is 36.7 Å². The van der Waals surface area contributed by atoms with Crippen LogP contribution in [-0.2, 0) is 24.3 Å². The molecule has 2 heterocycles. The largest absolute Gasteiger partial charge is 0.467 e. The zero-order valence-corrected chi connectivity index (χ0v) is 12.2. The molecule has 0 amide bonds. The van der Waals surface area contributed by atoms with Gasteiger partial charge in [-0.1, -0.05) is 18.5 Å². The summed E-state index contributed by atoms with van der Waals surface area (Å²) >= 11 is 6.18. The van der Waals surface area contributed by atoms with Gasteiger partial charge in [0.05, 0.1) is 12.2 Å². The molecule has 3 rings (SSSR count). The molecule has 0 saturated heterocycles. The van der Waals surface area contributed by atoms with E-state index in [0.29, 0.717) is 13.4 Å². The number of aryl methyl sites for hydroxylation is 1. The maximum Gasteiger partial charge on any atom is 0.189 e. The van der Waals surface area contributed by atoms with Gasteiger partial charge in [-0.3, -0.25) is 0 Å². The van der Waals surface area contributed by atoms with Crippen LogP contribution in [0.5, 0.6) is 5.75 Å². The third-order valence-corrected chi connectivity index (χ3v) is 3.69. The normalized spacial score (nSPS) is 13.7. The van der Waals surface area contributed by atoms with Crippen LogP contribution in [0.4, 0.5) is 0 Å². The quantitative estimate of drug-likeness (QED) is 0.811. The molecule has 0 aliphatic carbocycles. The van der Waals surface area contributed by atoms with Crippen LogP contribution in [-0.4, -0.2) is 6.79 Å². The van der Waals surface area contributed by atoms with Crippen molar-refractivity contribution in [3.63, 3.8) is 0 Å². The fraction of sp³-hybridized carbons (Fsp3) is 0.312. The molecule has 1 aliphatic heterocycles. The molecule has 1 aliphatic rings. The minimum Gasteiger partial charge on any atom is -0.467 e. The zero-order chi connectivity index (χ0) is 13.9. The van der Waals surface area contributed by atoms with Crippen molar-refractivity contribution >= 4 is 11.6 Å². The van der Waals surface area contributed by atoms with E-state index in [1.165, 1.54) is 5.56 Å². The summed E-state index contributed by atoms with van der Waals surface area (Å²) in [6, 6.07) is 8.15. The maximum atomic E-state index is 6.18. The topological polar surface area (TPSA) is 22.3 Å². The Morgan fingerprint density at radius 2 is 2.05 bits per heavy atom. The highest BCUT2D eigenvalue weighted by Gasteiger charge is 2.18. The SMILES string of the molecule is CCc1cc[n+](Cc2cc(Cl)cc3c2OCOC3)cc1. The third kappa shape index (κ3) is 2.79. The van der Waals surface area contributed by atoms with Gasteiger partial charge in [-0.25, -0.2) is 4.57 Å². The highest BCUT2D eigenvalue weighted by molar-refractivity contribution is 6.30. The fourth-order valence-corrected chi connectivity index (χ4v) is 2.66. The number of benzene rings is 1. The number of nitrogens with zero attached hydrogens (tertiary/aromatic N) is 1. The predicted octanol–water partition coefficient (Wildman–Crippen LogP) is 3.10. The maximum absolute atomic E-state index is 6.18. The smallest absolute Gasteiger partial charge is 0.189 e. The van der Waals surface area contributed by atoms with Gasteiger partial charge in [-0.05, 0) is 24.1 Å². The van der Waals surface area contributed by atoms with E-state index in [2.05, 4.69) is 36.0 Å². The van der Waals surface area contributed by atoms with Crippen molar-refractivity contribution in [1.29, 1.82) is 0 Å². The summed E-state index contributed by atoms with van der Waals surface area (Å²) in [6.07, 6.45) is 5.23. The molecule has 0 radical (unpaired) electrons. The monoisotopic (exact) mass is 290 g/mol. The van der Waals surface area contributed by atoms with Crippen molar-refractivity contribution in [3.8, 4) is 5.75 Å². The first kappa shape index (κ1) is 13.4. The standard InChI is InChI=1S/C16H17ClNO2/c1-2-12-3-5-18(6-4-12)9-13-7-15(17)8-14-10-19-11-20-16(13)14/h3-8H,2,9-11H2,1H3/q+1. The van der Waals surface area contributed by atoms with E-state index in [-0.39, 0.29) is 0 Å². The van der Waals surface area contributed by atoms with Crippen LogP contribution in [0.2, 0.25) is 5.02 Å². The van der Waals surface area contributed by atoms with Crippen molar-refractivity contribution in [2.45, 2.75) is 26.5 Å². The van der Waals surface area contributed by atoms with Crippen LogP contribution in [0, 0.1) is 0 Å². The third-order valence-electron chi connectivity index (χ3n) is 3.47. The first-order valence-electron chi connectivity index (χ1n) is 6.76. The Morgan fingerprint density at radius 1 is 1.25 bits per heavy atom. The lowest BCUT2D eigenvalue weighted by molar-refractivity contribution is -0.688. The van der Waals surface area contributed by atoms with E-state index in [4.69, 9.17) is 21.1 Å². The lowest BCUT2D eigenvalue weighted by Crippen LogP contribution is -2.33. The summed E-state index contributed by atoms with van der Waals surface area (Å²) in [4.78, 5) is 0. The molecule has 0 saturated carbocycles. The second-order valence-corrected chi connectivity index (χ2v) is 5.33. The molecule has 4 heteroatoms. The average molecular weight is 291 g/mol. The minimum atomic E-state index is 0.307. The molecule has 1 aromatic heterocycles. The van der Waals surface area contributed by atoms with E-state index in [1.807, 2.05) is 12.1 Å². The Bertz CT molecular complexity index is 611. The summed E-state index contributed by atoms with van der Waals surface area (Å²) in [5.41, 5.74) is 3.44. The predicted molar refractivity (Wildman–Crippen MR) is 76.9 cm³/mol. The molecule has 2 aromatic rings. The number of rotatable bonds is 3. The molecule has 0 spiro atoms. The molecule has 3 nitrogen and oxygen atoms in total.